The topological polar surface area (TPSA) is 104 Å². The van der Waals surface area contributed by atoms with Gasteiger partial charge in [0.15, 0.2) is 0 Å². The second-order valence-corrected chi connectivity index (χ2v) is 8.93. The molecule has 0 saturated carbocycles. The lowest BCUT2D eigenvalue weighted by atomic mass is 10.1. The predicted octanol–water partition coefficient (Wildman–Crippen LogP) is 3.96. The van der Waals surface area contributed by atoms with Crippen molar-refractivity contribution in [1.29, 1.82) is 0 Å². The number of rotatable bonds is 3. The Morgan fingerprint density at radius 2 is 1.77 bits per heavy atom. The third kappa shape index (κ3) is 4.36. The van der Waals surface area contributed by atoms with Crippen molar-refractivity contribution in [2.75, 3.05) is 12.9 Å². The standard InChI is InChI=1S/C22H20N2O2.CH4O3S/c1-14(23)26-19-11-6-10-17-21(19)16-9-5-12-20-22(16)24(17)18(13-25-20)15-7-3-2-4-8-15;1-5(2,3)4/h2-12,14,18H,13,23H2,1H3;1H3,(H,2,3,4). The molecule has 2 atom stereocenters. The highest BCUT2D eigenvalue weighted by atomic mass is 32.2. The van der Waals surface area contributed by atoms with Crippen LogP contribution in [-0.2, 0) is 10.1 Å². The van der Waals surface area contributed by atoms with Crippen LogP contribution in [0.15, 0.2) is 66.7 Å². The minimum absolute atomic E-state index is 0.122. The van der Waals surface area contributed by atoms with Crippen LogP contribution in [0.1, 0.15) is 18.5 Å². The van der Waals surface area contributed by atoms with E-state index in [9.17, 15) is 8.42 Å². The van der Waals surface area contributed by atoms with Gasteiger partial charge in [-0.3, -0.25) is 10.3 Å². The molecule has 3 N–H and O–H groups in total. The molecule has 31 heavy (non-hydrogen) atoms. The predicted molar refractivity (Wildman–Crippen MR) is 121 cm³/mol. The molecule has 0 fully saturated rings. The summed E-state index contributed by atoms with van der Waals surface area (Å²) in [7, 11) is -3.67. The molecule has 8 heteroatoms. The number of benzene rings is 3. The molecule has 4 aromatic rings. The maximum Gasteiger partial charge on any atom is 0.261 e. The van der Waals surface area contributed by atoms with Crippen LogP contribution < -0.4 is 15.2 Å². The number of fused-ring (bicyclic) bond motifs is 3. The lowest BCUT2D eigenvalue weighted by Gasteiger charge is -2.27. The van der Waals surface area contributed by atoms with Crippen LogP contribution >= 0.6 is 0 Å². The van der Waals surface area contributed by atoms with Gasteiger partial charge in [0.2, 0.25) is 0 Å². The van der Waals surface area contributed by atoms with Gasteiger partial charge in [-0.2, -0.15) is 8.42 Å². The van der Waals surface area contributed by atoms with Gasteiger partial charge in [0.25, 0.3) is 10.1 Å². The monoisotopic (exact) mass is 440 g/mol. The summed E-state index contributed by atoms with van der Waals surface area (Å²) >= 11 is 0. The molecule has 2 heterocycles. The first-order valence-corrected chi connectivity index (χ1v) is 11.7. The highest BCUT2D eigenvalue weighted by Gasteiger charge is 2.28. The van der Waals surface area contributed by atoms with Gasteiger partial charge in [0.05, 0.1) is 23.3 Å². The number of hydrogen-bond acceptors (Lipinski definition) is 5. The lowest BCUT2D eigenvalue weighted by Crippen LogP contribution is -2.23. The fraction of sp³-hybridized carbons (Fsp3) is 0.217. The van der Waals surface area contributed by atoms with Crippen molar-refractivity contribution in [3.05, 3.63) is 72.3 Å². The molecule has 1 aliphatic heterocycles. The Balaban J connectivity index is 0.000000418. The summed E-state index contributed by atoms with van der Waals surface area (Å²) in [6.45, 7) is 2.45. The molecule has 0 amide bonds. The maximum absolute atomic E-state index is 9.19. The number of para-hydroxylation sites is 1. The van der Waals surface area contributed by atoms with Crippen molar-refractivity contribution in [1.82, 2.24) is 4.57 Å². The molecule has 162 valence electrons. The second kappa shape index (κ2) is 8.22. The fourth-order valence-electron chi connectivity index (χ4n) is 3.99. The largest absolute Gasteiger partial charge is 0.489 e. The van der Waals surface area contributed by atoms with E-state index in [4.69, 9.17) is 19.8 Å². The van der Waals surface area contributed by atoms with E-state index in [1.54, 1.807) is 0 Å². The SMILES string of the molecule is CC(N)Oc1cccc2c1c1cccc3c1n2C(c1ccccc1)CO3.CS(=O)(=O)O. The summed E-state index contributed by atoms with van der Waals surface area (Å²) in [4.78, 5) is 0. The first kappa shape index (κ1) is 21.2. The highest BCUT2D eigenvalue weighted by molar-refractivity contribution is 7.85. The molecule has 0 aliphatic carbocycles. The maximum atomic E-state index is 9.19. The van der Waals surface area contributed by atoms with Crippen molar-refractivity contribution in [3.8, 4) is 11.5 Å². The van der Waals surface area contributed by atoms with Gasteiger partial charge in [-0.1, -0.05) is 48.5 Å². The van der Waals surface area contributed by atoms with Gasteiger partial charge in [0, 0.05) is 10.8 Å². The Morgan fingerprint density at radius 3 is 2.45 bits per heavy atom. The Hall–Kier alpha value is -3.07. The lowest BCUT2D eigenvalue weighted by molar-refractivity contribution is 0.233. The molecule has 0 bridgehead atoms. The van der Waals surface area contributed by atoms with E-state index in [0.29, 0.717) is 12.9 Å². The molecule has 1 aromatic heterocycles. The van der Waals surface area contributed by atoms with Crippen molar-refractivity contribution >= 4 is 31.9 Å². The Kier molecular flexibility index (Phi) is 5.62. The number of aromatic nitrogens is 1. The van der Waals surface area contributed by atoms with Crippen LogP contribution in [0.4, 0.5) is 0 Å². The van der Waals surface area contributed by atoms with Crippen molar-refractivity contribution < 1.29 is 22.4 Å². The molecule has 0 spiro atoms. The van der Waals surface area contributed by atoms with Crippen LogP contribution in [0.5, 0.6) is 11.5 Å². The van der Waals surface area contributed by atoms with Gasteiger partial charge in [0.1, 0.15) is 24.3 Å². The van der Waals surface area contributed by atoms with Gasteiger partial charge in [-0.25, -0.2) is 0 Å². The Bertz CT molecular complexity index is 1320. The third-order valence-corrected chi connectivity index (χ3v) is 4.98. The van der Waals surface area contributed by atoms with E-state index in [1.165, 1.54) is 5.56 Å². The van der Waals surface area contributed by atoms with Crippen LogP contribution in [0.3, 0.4) is 0 Å². The molecule has 0 saturated heterocycles. The van der Waals surface area contributed by atoms with E-state index in [2.05, 4.69) is 41.0 Å². The zero-order valence-corrected chi connectivity index (χ0v) is 18.0. The summed E-state index contributed by atoms with van der Waals surface area (Å²) in [6.07, 6.45) is 0.348. The van der Waals surface area contributed by atoms with Crippen molar-refractivity contribution in [2.24, 2.45) is 5.73 Å². The Labute approximate surface area is 180 Å². The first-order chi connectivity index (χ1) is 14.7. The summed E-state index contributed by atoms with van der Waals surface area (Å²) in [5.41, 5.74) is 9.40. The Morgan fingerprint density at radius 1 is 1.10 bits per heavy atom. The molecule has 2 unspecified atom stereocenters. The second-order valence-electron chi connectivity index (χ2n) is 7.47. The minimum Gasteiger partial charge on any atom is -0.489 e. The van der Waals surface area contributed by atoms with Gasteiger partial charge in [-0.05, 0) is 30.7 Å². The van der Waals surface area contributed by atoms with E-state index < -0.39 is 10.1 Å². The summed E-state index contributed by atoms with van der Waals surface area (Å²) < 4.78 is 40.3. The highest BCUT2D eigenvalue weighted by Crippen LogP contribution is 2.44. The molecule has 5 rings (SSSR count). The van der Waals surface area contributed by atoms with Crippen LogP contribution in [0.25, 0.3) is 21.8 Å². The average molecular weight is 441 g/mol. The number of hydrogen-bond donors (Lipinski definition) is 2. The smallest absolute Gasteiger partial charge is 0.261 e. The average Bonchev–Trinajstić information content (AvgIpc) is 3.05. The van der Waals surface area contributed by atoms with Gasteiger partial charge in [-0.15, -0.1) is 0 Å². The van der Waals surface area contributed by atoms with E-state index in [1.807, 2.05) is 37.3 Å². The van der Waals surface area contributed by atoms with Crippen LogP contribution in [0.2, 0.25) is 0 Å². The molecule has 7 nitrogen and oxygen atoms in total. The summed E-state index contributed by atoms with van der Waals surface area (Å²) in [5, 5.41) is 2.22. The number of nitrogens with two attached hydrogens (primary N) is 1. The third-order valence-electron chi connectivity index (χ3n) is 4.98. The molecule has 0 radical (unpaired) electrons. The zero-order chi connectivity index (χ0) is 22.2. The van der Waals surface area contributed by atoms with E-state index >= 15 is 0 Å². The number of nitrogens with zero attached hydrogens (tertiary/aromatic N) is 1. The van der Waals surface area contributed by atoms with Crippen molar-refractivity contribution in [3.63, 3.8) is 0 Å². The van der Waals surface area contributed by atoms with Crippen molar-refractivity contribution in [2.45, 2.75) is 19.2 Å². The molecule has 3 aromatic carbocycles. The van der Waals surface area contributed by atoms with E-state index in [0.717, 1.165) is 33.3 Å². The molecule has 1 aliphatic rings. The minimum atomic E-state index is -3.67. The summed E-state index contributed by atoms with van der Waals surface area (Å²) in [5.74, 6) is 1.73. The van der Waals surface area contributed by atoms with Crippen LogP contribution in [0, 0.1) is 0 Å². The molecular weight excluding hydrogens is 416 g/mol. The molecular formula is C23H24N2O5S. The first-order valence-electron chi connectivity index (χ1n) is 9.82. The van der Waals surface area contributed by atoms with Gasteiger partial charge < -0.3 is 14.0 Å². The normalized spacial score (nSPS) is 16.3. The quantitative estimate of drug-likeness (QED) is 0.369. The van der Waals surface area contributed by atoms with E-state index in [-0.39, 0.29) is 12.3 Å². The fourth-order valence-corrected chi connectivity index (χ4v) is 3.99. The zero-order valence-electron chi connectivity index (χ0n) is 17.2. The van der Waals surface area contributed by atoms with Gasteiger partial charge >= 0.3 is 0 Å². The van der Waals surface area contributed by atoms with Crippen LogP contribution in [-0.4, -0.2) is 36.6 Å². The summed E-state index contributed by atoms with van der Waals surface area (Å²) in [6, 6.07) is 23.0. The number of ether oxygens (including phenoxy) is 2.